The van der Waals surface area contributed by atoms with E-state index >= 15 is 0 Å². The van der Waals surface area contributed by atoms with E-state index < -0.39 is 5.91 Å². The topological polar surface area (TPSA) is 69.1 Å². The summed E-state index contributed by atoms with van der Waals surface area (Å²) in [5.41, 5.74) is 12.6. The molecule has 0 aromatic heterocycles. The number of carbonyl (C=O) groups is 1. The van der Waals surface area contributed by atoms with Crippen molar-refractivity contribution in [1.29, 1.82) is 0 Å². The van der Waals surface area contributed by atoms with Crippen molar-refractivity contribution < 1.29 is 4.79 Å². The van der Waals surface area contributed by atoms with Gasteiger partial charge in [-0.1, -0.05) is 19.1 Å². The number of amides is 1. The van der Waals surface area contributed by atoms with Gasteiger partial charge in [0.1, 0.15) is 0 Å². The third-order valence-corrected chi connectivity index (χ3v) is 1.81. The van der Waals surface area contributed by atoms with Crippen LogP contribution in [0.2, 0.25) is 0 Å². The largest absolute Gasteiger partial charge is 0.398 e. The fraction of sp³-hybridized carbons (Fsp3) is 0.222. The molecule has 12 heavy (non-hydrogen) atoms. The quantitative estimate of drug-likeness (QED) is 0.638. The molecule has 64 valence electrons. The minimum atomic E-state index is -0.454. The minimum absolute atomic E-state index is 0.454. The molecule has 3 nitrogen and oxygen atoms in total. The molecule has 1 aromatic carbocycles. The molecule has 0 saturated carbocycles. The van der Waals surface area contributed by atoms with Crippen molar-refractivity contribution in [3.63, 3.8) is 0 Å². The van der Waals surface area contributed by atoms with Gasteiger partial charge in [0.05, 0.1) is 5.56 Å². The van der Waals surface area contributed by atoms with Crippen molar-refractivity contribution >= 4 is 11.6 Å². The standard InChI is InChI=1S/C9H12N2O/c1-2-6-4-3-5-7(10)8(6)9(11)12/h3-5H,2,10H2,1H3,(H2,11,12). The average molecular weight is 164 g/mol. The third-order valence-electron chi connectivity index (χ3n) is 1.81. The summed E-state index contributed by atoms with van der Waals surface area (Å²) in [7, 11) is 0. The van der Waals surface area contributed by atoms with E-state index in [1.165, 1.54) is 0 Å². The lowest BCUT2D eigenvalue weighted by Gasteiger charge is -2.06. The number of carbonyl (C=O) groups excluding carboxylic acids is 1. The molecule has 0 unspecified atom stereocenters. The zero-order valence-electron chi connectivity index (χ0n) is 7.00. The van der Waals surface area contributed by atoms with E-state index in [4.69, 9.17) is 11.5 Å². The van der Waals surface area contributed by atoms with E-state index in [0.29, 0.717) is 11.3 Å². The minimum Gasteiger partial charge on any atom is -0.398 e. The van der Waals surface area contributed by atoms with Crippen LogP contribution in [-0.4, -0.2) is 5.91 Å². The molecule has 1 amide bonds. The second-order valence-corrected chi connectivity index (χ2v) is 2.60. The van der Waals surface area contributed by atoms with Gasteiger partial charge in [-0.15, -0.1) is 0 Å². The Hall–Kier alpha value is -1.51. The van der Waals surface area contributed by atoms with Gasteiger partial charge in [-0.05, 0) is 18.1 Å². The van der Waals surface area contributed by atoms with Gasteiger partial charge in [0.2, 0.25) is 0 Å². The zero-order chi connectivity index (χ0) is 9.14. The van der Waals surface area contributed by atoms with Gasteiger partial charge in [0.15, 0.2) is 0 Å². The Morgan fingerprint density at radius 2 is 2.17 bits per heavy atom. The fourth-order valence-corrected chi connectivity index (χ4v) is 1.22. The number of aryl methyl sites for hydroxylation is 1. The highest BCUT2D eigenvalue weighted by Crippen LogP contribution is 2.16. The monoisotopic (exact) mass is 164 g/mol. The molecule has 1 aromatic rings. The summed E-state index contributed by atoms with van der Waals surface area (Å²) in [4.78, 5) is 10.9. The fourth-order valence-electron chi connectivity index (χ4n) is 1.22. The number of primary amides is 1. The van der Waals surface area contributed by atoms with Gasteiger partial charge in [-0.3, -0.25) is 4.79 Å². The van der Waals surface area contributed by atoms with Crippen molar-refractivity contribution in [2.75, 3.05) is 5.73 Å². The lowest BCUT2D eigenvalue weighted by Crippen LogP contribution is -2.15. The van der Waals surface area contributed by atoms with E-state index in [1.54, 1.807) is 6.07 Å². The summed E-state index contributed by atoms with van der Waals surface area (Å²) in [6.07, 6.45) is 0.767. The van der Waals surface area contributed by atoms with Crippen molar-refractivity contribution in [3.05, 3.63) is 29.3 Å². The van der Waals surface area contributed by atoms with E-state index in [9.17, 15) is 4.79 Å². The molecule has 0 spiro atoms. The molecule has 1 rings (SSSR count). The molecule has 0 heterocycles. The highest BCUT2D eigenvalue weighted by atomic mass is 16.1. The Balaban J connectivity index is 3.29. The molecule has 0 saturated heterocycles. The summed E-state index contributed by atoms with van der Waals surface area (Å²) in [6, 6.07) is 5.36. The Bertz CT molecular complexity index is 307. The highest BCUT2D eigenvalue weighted by Gasteiger charge is 2.09. The second kappa shape index (κ2) is 3.26. The zero-order valence-corrected chi connectivity index (χ0v) is 7.00. The first kappa shape index (κ1) is 8.59. The number of benzene rings is 1. The molecule has 0 atom stereocenters. The van der Waals surface area contributed by atoms with Crippen LogP contribution in [0.1, 0.15) is 22.8 Å². The predicted octanol–water partition coefficient (Wildman–Crippen LogP) is 0.930. The van der Waals surface area contributed by atoms with Gasteiger partial charge >= 0.3 is 0 Å². The van der Waals surface area contributed by atoms with Crippen LogP contribution in [0.3, 0.4) is 0 Å². The number of hydrogen-bond acceptors (Lipinski definition) is 2. The van der Waals surface area contributed by atoms with E-state index in [0.717, 1.165) is 12.0 Å². The summed E-state index contributed by atoms with van der Waals surface area (Å²) >= 11 is 0. The van der Waals surface area contributed by atoms with E-state index in [1.807, 2.05) is 19.1 Å². The van der Waals surface area contributed by atoms with Crippen molar-refractivity contribution in [2.45, 2.75) is 13.3 Å². The summed E-state index contributed by atoms with van der Waals surface area (Å²) in [5, 5.41) is 0. The maximum atomic E-state index is 10.9. The lowest BCUT2D eigenvalue weighted by molar-refractivity contribution is 0.100. The number of anilines is 1. The van der Waals surface area contributed by atoms with E-state index in [-0.39, 0.29) is 0 Å². The Kier molecular flexibility index (Phi) is 2.33. The van der Waals surface area contributed by atoms with Crippen molar-refractivity contribution in [3.8, 4) is 0 Å². The number of hydrogen-bond donors (Lipinski definition) is 2. The third kappa shape index (κ3) is 1.39. The summed E-state index contributed by atoms with van der Waals surface area (Å²) in [6.45, 7) is 1.96. The maximum Gasteiger partial charge on any atom is 0.251 e. The molecule has 0 aliphatic rings. The van der Waals surface area contributed by atoms with Gasteiger partial charge in [-0.25, -0.2) is 0 Å². The molecule has 0 radical (unpaired) electrons. The molecule has 0 aliphatic carbocycles. The van der Waals surface area contributed by atoms with Crippen molar-refractivity contribution in [2.24, 2.45) is 5.73 Å². The van der Waals surface area contributed by atoms with Gasteiger partial charge in [0.25, 0.3) is 5.91 Å². The Labute approximate surface area is 71.4 Å². The van der Waals surface area contributed by atoms with Crippen LogP contribution in [0.5, 0.6) is 0 Å². The summed E-state index contributed by atoms with van der Waals surface area (Å²) < 4.78 is 0. The normalized spacial score (nSPS) is 9.75. The lowest BCUT2D eigenvalue weighted by atomic mass is 10.0. The molecular weight excluding hydrogens is 152 g/mol. The van der Waals surface area contributed by atoms with Crippen molar-refractivity contribution in [1.82, 2.24) is 0 Å². The molecule has 3 heteroatoms. The van der Waals surface area contributed by atoms with E-state index in [2.05, 4.69) is 0 Å². The second-order valence-electron chi connectivity index (χ2n) is 2.60. The number of nitrogens with two attached hydrogens (primary N) is 2. The summed E-state index contributed by atoms with van der Waals surface area (Å²) in [5.74, 6) is -0.454. The maximum absolute atomic E-state index is 10.9. The molecule has 4 N–H and O–H groups in total. The van der Waals surface area contributed by atoms with Crippen LogP contribution in [0.4, 0.5) is 5.69 Å². The molecule has 0 aliphatic heterocycles. The average Bonchev–Trinajstić information content (AvgIpc) is 2.03. The first-order chi connectivity index (χ1) is 5.66. The molecule has 0 bridgehead atoms. The van der Waals surface area contributed by atoms with Crippen LogP contribution in [0.15, 0.2) is 18.2 Å². The van der Waals surface area contributed by atoms with Crippen LogP contribution in [0, 0.1) is 0 Å². The van der Waals surface area contributed by atoms with Crippen LogP contribution in [0.25, 0.3) is 0 Å². The smallest absolute Gasteiger partial charge is 0.251 e. The van der Waals surface area contributed by atoms with Crippen LogP contribution < -0.4 is 11.5 Å². The predicted molar refractivity (Wildman–Crippen MR) is 48.8 cm³/mol. The van der Waals surface area contributed by atoms with Gasteiger partial charge in [0, 0.05) is 5.69 Å². The van der Waals surface area contributed by atoms with Crippen LogP contribution in [-0.2, 0) is 6.42 Å². The van der Waals surface area contributed by atoms with Crippen LogP contribution >= 0.6 is 0 Å². The molecular formula is C9H12N2O. The highest BCUT2D eigenvalue weighted by molar-refractivity contribution is 5.99. The first-order valence-corrected chi connectivity index (χ1v) is 3.84. The first-order valence-electron chi connectivity index (χ1n) is 3.84. The van der Waals surface area contributed by atoms with Gasteiger partial charge < -0.3 is 11.5 Å². The van der Waals surface area contributed by atoms with Gasteiger partial charge in [-0.2, -0.15) is 0 Å². The number of nitrogen functional groups attached to an aromatic ring is 1. The Morgan fingerprint density at radius 3 is 2.58 bits per heavy atom. The SMILES string of the molecule is CCc1cccc(N)c1C(N)=O. The molecule has 0 fully saturated rings. The number of rotatable bonds is 2. The Morgan fingerprint density at radius 1 is 1.50 bits per heavy atom.